The van der Waals surface area contributed by atoms with Gasteiger partial charge in [-0.15, -0.1) is 11.3 Å². The van der Waals surface area contributed by atoms with Gasteiger partial charge in [-0.05, 0) is 19.1 Å². The number of carbonyl (C=O) groups is 1. The van der Waals surface area contributed by atoms with Crippen molar-refractivity contribution >= 4 is 45.3 Å². The second-order valence-electron chi connectivity index (χ2n) is 6.17. The van der Waals surface area contributed by atoms with Crippen LogP contribution in [0.25, 0.3) is 21.3 Å². The van der Waals surface area contributed by atoms with Gasteiger partial charge in [-0.2, -0.15) is 0 Å². The molecule has 142 valence electrons. The average Bonchev–Trinajstić information content (AvgIpc) is 3.35. The number of hydrogen-bond donors (Lipinski definition) is 1. The molecule has 0 fully saturated rings. The van der Waals surface area contributed by atoms with Crippen molar-refractivity contribution in [3.8, 4) is 21.3 Å². The van der Waals surface area contributed by atoms with Crippen LogP contribution in [0, 0.1) is 6.92 Å². The quantitative estimate of drug-likeness (QED) is 0.494. The van der Waals surface area contributed by atoms with E-state index in [1.165, 1.54) is 22.7 Å². The predicted molar refractivity (Wildman–Crippen MR) is 114 cm³/mol. The molecule has 0 atom stereocenters. The van der Waals surface area contributed by atoms with Crippen LogP contribution in [0.3, 0.4) is 0 Å². The molecule has 3 aromatic heterocycles. The highest BCUT2D eigenvalue weighted by Gasteiger charge is 2.16. The molecule has 0 aliphatic heterocycles. The highest BCUT2D eigenvalue weighted by Crippen LogP contribution is 2.31. The van der Waals surface area contributed by atoms with Gasteiger partial charge in [-0.25, -0.2) is 15.0 Å². The molecule has 0 spiro atoms. The number of hydrogen-bond acceptors (Lipinski definition) is 6. The molecule has 9 heteroatoms. The summed E-state index contributed by atoms with van der Waals surface area (Å²) in [5.74, 6) is 0.684. The van der Waals surface area contributed by atoms with Crippen molar-refractivity contribution in [2.24, 2.45) is 7.05 Å². The van der Waals surface area contributed by atoms with Gasteiger partial charge in [0.2, 0.25) is 5.91 Å². The van der Waals surface area contributed by atoms with Gasteiger partial charge >= 0.3 is 0 Å². The van der Waals surface area contributed by atoms with Crippen molar-refractivity contribution in [3.05, 3.63) is 58.4 Å². The number of anilines is 1. The SMILES string of the molecule is Cc1nc(NC(=O)Cc2csc(-c3cccc(Cl)c3)n2)sc1-c1nccn1C. The van der Waals surface area contributed by atoms with Crippen LogP contribution in [-0.4, -0.2) is 25.4 Å². The highest BCUT2D eigenvalue weighted by atomic mass is 35.5. The number of aromatic nitrogens is 4. The van der Waals surface area contributed by atoms with Crippen LogP contribution >= 0.6 is 34.3 Å². The monoisotopic (exact) mass is 429 g/mol. The van der Waals surface area contributed by atoms with Gasteiger partial charge in [0, 0.05) is 35.4 Å². The smallest absolute Gasteiger partial charge is 0.232 e. The fourth-order valence-corrected chi connectivity index (χ4v) is 4.74. The molecule has 0 aliphatic rings. The molecule has 1 N–H and O–H groups in total. The molecule has 4 aromatic rings. The number of rotatable bonds is 5. The van der Waals surface area contributed by atoms with E-state index >= 15 is 0 Å². The predicted octanol–water partition coefficient (Wildman–Crippen LogP) is 4.81. The zero-order valence-corrected chi connectivity index (χ0v) is 17.5. The zero-order valence-electron chi connectivity index (χ0n) is 15.1. The van der Waals surface area contributed by atoms with Crippen LogP contribution in [0.1, 0.15) is 11.4 Å². The van der Waals surface area contributed by atoms with Crippen molar-refractivity contribution in [1.29, 1.82) is 0 Å². The molecule has 0 unspecified atom stereocenters. The van der Waals surface area contributed by atoms with Crippen molar-refractivity contribution in [1.82, 2.24) is 19.5 Å². The number of amides is 1. The van der Waals surface area contributed by atoms with Gasteiger partial charge in [0.15, 0.2) is 11.0 Å². The molecular weight excluding hydrogens is 414 g/mol. The summed E-state index contributed by atoms with van der Waals surface area (Å²) < 4.78 is 1.93. The Bertz CT molecular complexity index is 1150. The van der Waals surface area contributed by atoms with Gasteiger partial charge in [0.05, 0.1) is 22.7 Å². The normalized spacial score (nSPS) is 11.0. The van der Waals surface area contributed by atoms with E-state index in [0.29, 0.717) is 10.2 Å². The fourth-order valence-electron chi connectivity index (χ4n) is 2.71. The van der Waals surface area contributed by atoms with Crippen molar-refractivity contribution < 1.29 is 4.79 Å². The Kier molecular flexibility index (Phi) is 5.25. The zero-order chi connectivity index (χ0) is 19.7. The minimum Gasteiger partial charge on any atom is -0.333 e. The van der Waals surface area contributed by atoms with Crippen molar-refractivity contribution in [3.63, 3.8) is 0 Å². The molecule has 1 aromatic carbocycles. The molecule has 0 radical (unpaired) electrons. The Morgan fingerprint density at radius 3 is 2.93 bits per heavy atom. The van der Waals surface area contributed by atoms with E-state index in [2.05, 4.69) is 20.3 Å². The Hall–Kier alpha value is -2.55. The fraction of sp³-hybridized carbons (Fsp3) is 0.158. The van der Waals surface area contributed by atoms with E-state index in [1.807, 2.05) is 54.4 Å². The number of thiazole rings is 2. The maximum atomic E-state index is 12.4. The molecule has 6 nitrogen and oxygen atoms in total. The first-order chi connectivity index (χ1) is 13.5. The lowest BCUT2D eigenvalue weighted by Gasteiger charge is -2.00. The standard InChI is InChI=1S/C19H16ClN5OS2/c1-11-16(17-21-6-7-25(17)2)28-19(22-11)24-15(26)9-14-10-27-18(23-14)12-4-3-5-13(20)8-12/h3-8,10H,9H2,1-2H3,(H,22,24,26). The second-order valence-corrected chi connectivity index (χ2v) is 8.47. The van der Waals surface area contributed by atoms with Crippen LogP contribution in [0.4, 0.5) is 5.13 Å². The third-order valence-corrected chi connectivity index (χ3v) is 6.28. The first kappa shape index (κ1) is 18.8. The number of nitrogens with one attached hydrogen (secondary N) is 1. The molecule has 4 rings (SSSR count). The summed E-state index contributed by atoms with van der Waals surface area (Å²) in [6.07, 6.45) is 3.81. The number of aryl methyl sites for hydroxylation is 2. The largest absolute Gasteiger partial charge is 0.333 e. The summed E-state index contributed by atoms with van der Waals surface area (Å²) in [4.78, 5) is 26.7. The Morgan fingerprint density at radius 2 is 2.18 bits per heavy atom. The van der Waals surface area contributed by atoms with Gasteiger partial charge in [-0.1, -0.05) is 35.1 Å². The maximum Gasteiger partial charge on any atom is 0.232 e. The number of carbonyl (C=O) groups excluding carboxylic acids is 1. The van der Waals surface area contributed by atoms with Crippen LogP contribution in [-0.2, 0) is 18.3 Å². The summed E-state index contributed by atoms with van der Waals surface area (Å²) in [6.45, 7) is 1.91. The summed E-state index contributed by atoms with van der Waals surface area (Å²) in [7, 11) is 1.93. The van der Waals surface area contributed by atoms with Gasteiger partial charge in [-0.3, -0.25) is 4.79 Å². The number of benzene rings is 1. The molecule has 0 bridgehead atoms. The van der Waals surface area contributed by atoms with Gasteiger partial charge in [0.25, 0.3) is 0 Å². The first-order valence-corrected chi connectivity index (χ1v) is 10.5. The molecule has 3 heterocycles. The third-order valence-electron chi connectivity index (χ3n) is 4.03. The average molecular weight is 430 g/mol. The highest BCUT2D eigenvalue weighted by molar-refractivity contribution is 7.19. The number of imidazole rings is 1. The van der Waals surface area contributed by atoms with Gasteiger partial charge < -0.3 is 9.88 Å². The van der Waals surface area contributed by atoms with Gasteiger partial charge in [0.1, 0.15) is 5.01 Å². The minimum absolute atomic E-state index is 0.150. The van der Waals surface area contributed by atoms with E-state index in [0.717, 1.165) is 32.7 Å². The lowest BCUT2D eigenvalue weighted by molar-refractivity contribution is -0.115. The van der Waals surface area contributed by atoms with Crippen molar-refractivity contribution in [2.45, 2.75) is 13.3 Å². The third kappa shape index (κ3) is 3.99. The lowest BCUT2D eigenvalue weighted by atomic mass is 10.2. The Morgan fingerprint density at radius 1 is 1.32 bits per heavy atom. The minimum atomic E-state index is -0.150. The molecule has 0 saturated carbocycles. The summed E-state index contributed by atoms with van der Waals surface area (Å²) in [6, 6.07) is 7.52. The van der Waals surface area contributed by atoms with Crippen LogP contribution in [0.15, 0.2) is 42.0 Å². The number of halogens is 1. The van der Waals surface area contributed by atoms with E-state index in [9.17, 15) is 4.79 Å². The summed E-state index contributed by atoms with van der Waals surface area (Å²) in [5.41, 5.74) is 2.50. The topological polar surface area (TPSA) is 72.7 Å². The number of nitrogens with zero attached hydrogens (tertiary/aromatic N) is 4. The Balaban J connectivity index is 1.45. The first-order valence-electron chi connectivity index (χ1n) is 8.45. The van der Waals surface area contributed by atoms with E-state index in [4.69, 9.17) is 11.6 Å². The summed E-state index contributed by atoms with van der Waals surface area (Å²) >= 11 is 8.95. The van der Waals surface area contributed by atoms with E-state index < -0.39 is 0 Å². The molecule has 0 aliphatic carbocycles. The summed E-state index contributed by atoms with van der Waals surface area (Å²) in [5, 5.41) is 6.82. The molecule has 0 saturated heterocycles. The second kappa shape index (κ2) is 7.83. The molecular formula is C19H16ClN5OS2. The van der Waals surface area contributed by atoms with Crippen LogP contribution in [0.5, 0.6) is 0 Å². The Labute approximate surface area is 174 Å². The van der Waals surface area contributed by atoms with Crippen LogP contribution < -0.4 is 5.32 Å². The molecule has 28 heavy (non-hydrogen) atoms. The van der Waals surface area contributed by atoms with Crippen molar-refractivity contribution in [2.75, 3.05) is 5.32 Å². The van der Waals surface area contributed by atoms with E-state index in [1.54, 1.807) is 6.20 Å². The molecule has 1 amide bonds. The lowest BCUT2D eigenvalue weighted by Crippen LogP contribution is -2.14. The van der Waals surface area contributed by atoms with Crippen LogP contribution in [0.2, 0.25) is 5.02 Å². The maximum absolute atomic E-state index is 12.4. The van der Waals surface area contributed by atoms with E-state index in [-0.39, 0.29) is 12.3 Å².